The van der Waals surface area contributed by atoms with Gasteiger partial charge < -0.3 is 9.30 Å². The number of fused-ring (bicyclic) bond motifs is 3. The quantitative estimate of drug-likeness (QED) is 0.638. The first-order valence-electron chi connectivity index (χ1n) is 9.50. The van der Waals surface area contributed by atoms with Gasteiger partial charge in [-0.15, -0.1) is 0 Å². The van der Waals surface area contributed by atoms with Gasteiger partial charge >= 0.3 is 5.69 Å². The normalized spacial score (nSPS) is 16.0. The lowest BCUT2D eigenvalue weighted by Gasteiger charge is -2.26. The van der Waals surface area contributed by atoms with E-state index in [1.807, 2.05) is 17.5 Å². The van der Waals surface area contributed by atoms with Crippen molar-refractivity contribution in [2.75, 3.05) is 32.8 Å². The van der Waals surface area contributed by atoms with Crippen LogP contribution in [0.1, 0.15) is 19.0 Å². The van der Waals surface area contributed by atoms with Gasteiger partial charge in [0.2, 0.25) is 5.78 Å². The number of nitrogens with zero attached hydrogens (tertiary/aromatic N) is 6. The van der Waals surface area contributed by atoms with Crippen LogP contribution in [0.15, 0.2) is 15.8 Å². The van der Waals surface area contributed by atoms with Crippen LogP contribution in [0.3, 0.4) is 0 Å². The molecule has 0 aliphatic carbocycles. The molecule has 9 heteroatoms. The Kier molecular flexibility index (Phi) is 4.65. The Bertz CT molecular complexity index is 1100. The van der Waals surface area contributed by atoms with E-state index in [-0.39, 0.29) is 11.2 Å². The number of hydrogen-bond donors (Lipinski definition) is 0. The van der Waals surface area contributed by atoms with Crippen molar-refractivity contribution in [1.82, 2.24) is 28.0 Å². The number of aryl methyl sites for hydroxylation is 3. The predicted molar refractivity (Wildman–Crippen MR) is 102 cm³/mol. The molecule has 0 amide bonds. The van der Waals surface area contributed by atoms with Crippen molar-refractivity contribution in [3.8, 4) is 0 Å². The van der Waals surface area contributed by atoms with Gasteiger partial charge in [0.25, 0.3) is 5.56 Å². The molecule has 0 saturated carbocycles. The van der Waals surface area contributed by atoms with Crippen molar-refractivity contribution in [2.45, 2.75) is 33.4 Å². The van der Waals surface area contributed by atoms with Crippen molar-refractivity contribution in [3.63, 3.8) is 0 Å². The summed E-state index contributed by atoms with van der Waals surface area (Å²) in [6.07, 6.45) is 2.93. The summed E-state index contributed by atoms with van der Waals surface area (Å²) in [5.74, 6) is 0.713. The molecule has 1 aliphatic rings. The molecular weight excluding hydrogens is 348 g/mol. The maximum absolute atomic E-state index is 12.8. The molecule has 0 atom stereocenters. The molecule has 3 aromatic rings. The first-order valence-corrected chi connectivity index (χ1v) is 9.50. The number of ether oxygens (including phenoxy) is 1. The highest BCUT2D eigenvalue weighted by atomic mass is 16.5. The highest BCUT2D eigenvalue weighted by Crippen LogP contribution is 2.16. The van der Waals surface area contributed by atoms with Crippen molar-refractivity contribution >= 4 is 16.9 Å². The molecule has 4 rings (SSSR count). The van der Waals surface area contributed by atoms with Crippen LogP contribution in [-0.2, 0) is 24.9 Å². The summed E-state index contributed by atoms with van der Waals surface area (Å²) in [4.78, 5) is 32.2. The molecule has 1 saturated heterocycles. The third kappa shape index (κ3) is 2.90. The molecule has 1 aliphatic heterocycles. The van der Waals surface area contributed by atoms with Crippen LogP contribution in [-0.4, -0.2) is 60.8 Å². The molecule has 0 radical (unpaired) electrons. The van der Waals surface area contributed by atoms with E-state index in [0.29, 0.717) is 23.5 Å². The van der Waals surface area contributed by atoms with Gasteiger partial charge in [0.15, 0.2) is 11.2 Å². The Hall–Kier alpha value is -2.39. The topological polar surface area (TPSA) is 78.7 Å². The molecule has 3 aromatic heterocycles. The van der Waals surface area contributed by atoms with Gasteiger partial charge in [-0.3, -0.25) is 23.2 Å². The molecule has 0 unspecified atom stereocenters. The molecule has 0 aromatic carbocycles. The van der Waals surface area contributed by atoms with E-state index >= 15 is 0 Å². The van der Waals surface area contributed by atoms with Crippen LogP contribution in [0, 0.1) is 6.92 Å². The minimum absolute atomic E-state index is 0.284. The standard InChI is InChI=1S/C18H26N6O3/c1-4-22-16(25)14-15(20(3)18(22)26)19-17-23(13(2)12-24(14)17)7-5-6-21-8-10-27-11-9-21/h12H,4-11H2,1-3H3. The van der Waals surface area contributed by atoms with Crippen LogP contribution < -0.4 is 11.2 Å². The maximum Gasteiger partial charge on any atom is 0.332 e. The summed E-state index contributed by atoms with van der Waals surface area (Å²) < 4.78 is 12.1. The van der Waals surface area contributed by atoms with Crippen molar-refractivity contribution in [3.05, 3.63) is 32.7 Å². The molecule has 0 bridgehead atoms. The second-order valence-electron chi connectivity index (χ2n) is 7.07. The lowest BCUT2D eigenvalue weighted by atomic mass is 10.3. The van der Waals surface area contributed by atoms with E-state index in [1.54, 1.807) is 14.0 Å². The Balaban J connectivity index is 1.72. The number of morpholine rings is 1. The number of aromatic nitrogens is 5. The maximum atomic E-state index is 12.8. The number of rotatable bonds is 5. The molecule has 1 fully saturated rings. The molecule has 0 N–H and O–H groups in total. The van der Waals surface area contributed by atoms with E-state index in [4.69, 9.17) is 4.74 Å². The zero-order chi connectivity index (χ0) is 19.1. The lowest BCUT2D eigenvalue weighted by Crippen LogP contribution is -2.38. The van der Waals surface area contributed by atoms with Crippen LogP contribution >= 0.6 is 0 Å². The fraction of sp³-hybridized carbons (Fsp3) is 0.611. The fourth-order valence-corrected chi connectivity index (χ4v) is 3.89. The minimum Gasteiger partial charge on any atom is -0.379 e. The highest BCUT2D eigenvalue weighted by Gasteiger charge is 2.19. The molecule has 146 valence electrons. The van der Waals surface area contributed by atoms with Gasteiger partial charge in [-0.25, -0.2) is 4.79 Å². The Morgan fingerprint density at radius 3 is 2.59 bits per heavy atom. The van der Waals surface area contributed by atoms with Crippen LogP contribution in [0.5, 0.6) is 0 Å². The third-order valence-electron chi connectivity index (χ3n) is 5.42. The lowest BCUT2D eigenvalue weighted by molar-refractivity contribution is 0.0369. The van der Waals surface area contributed by atoms with Gasteiger partial charge in [0, 0.05) is 51.7 Å². The first-order chi connectivity index (χ1) is 13.0. The predicted octanol–water partition coefficient (Wildman–Crippen LogP) is 0.200. The second kappa shape index (κ2) is 6.97. The minimum atomic E-state index is -0.327. The van der Waals surface area contributed by atoms with E-state index in [9.17, 15) is 9.59 Å². The summed E-state index contributed by atoms with van der Waals surface area (Å²) in [5, 5.41) is 0. The summed E-state index contributed by atoms with van der Waals surface area (Å²) in [5.41, 5.74) is 1.34. The summed E-state index contributed by atoms with van der Waals surface area (Å²) in [6.45, 7) is 9.55. The van der Waals surface area contributed by atoms with Gasteiger partial charge in [-0.1, -0.05) is 0 Å². The molecular formula is C18H26N6O3. The average molecular weight is 374 g/mol. The SMILES string of the molecule is CCn1c(=O)c2c(nc3n(CCCN4CCOCC4)c(C)cn23)n(C)c1=O. The van der Waals surface area contributed by atoms with Gasteiger partial charge in [0.1, 0.15) is 0 Å². The summed E-state index contributed by atoms with van der Waals surface area (Å²) in [6, 6.07) is 0. The summed E-state index contributed by atoms with van der Waals surface area (Å²) >= 11 is 0. The van der Waals surface area contributed by atoms with Crippen molar-refractivity contribution in [2.24, 2.45) is 7.05 Å². The largest absolute Gasteiger partial charge is 0.379 e. The van der Waals surface area contributed by atoms with E-state index in [1.165, 1.54) is 9.13 Å². The molecule has 27 heavy (non-hydrogen) atoms. The Morgan fingerprint density at radius 1 is 1.15 bits per heavy atom. The van der Waals surface area contributed by atoms with Gasteiger partial charge in [-0.2, -0.15) is 4.98 Å². The van der Waals surface area contributed by atoms with Gasteiger partial charge in [-0.05, 0) is 20.3 Å². The Morgan fingerprint density at radius 2 is 1.89 bits per heavy atom. The highest BCUT2D eigenvalue weighted by molar-refractivity contribution is 5.75. The van der Waals surface area contributed by atoms with Crippen LogP contribution in [0.2, 0.25) is 0 Å². The zero-order valence-corrected chi connectivity index (χ0v) is 16.1. The second-order valence-corrected chi connectivity index (χ2v) is 7.07. The monoisotopic (exact) mass is 374 g/mol. The Labute approximate surface area is 156 Å². The smallest absolute Gasteiger partial charge is 0.332 e. The van der Waals surface area contributed by atoms with E-state index in [0.717, 1.165) is 51.5 Å². The molecule has 0 spiro atoms. The molecule has 9 nitrogen and oxygen atoms in total. The third-order valence-corrected chi connectivity index (χ3v) is 5.42. The number of hydrogen-bond acceptors (Lipinski definition) is 5. The van der Waals surface area contributed by atoms with Crippen molar-refractivity contribution in [1.29, 1.82) is 0 Å². The van der Waals surface area contributed by atoms with Gasteiger partial charge in [0.05, 0.1) is 13.2 Å². The van der Waals surface area contributed by atoms with E-state index < -0.39 is 0 Å². The molecule has 4 heterocycles. The summed E-state index contributed by atoms with van der Waals surface area (Å²) in [7, 11) is 1.67. The number of imidazole rings is 2. The van der Waals surface area contributed by atoms with Crippen LogP contribution in [0.25, 0.3) is 16.9 Å². The van der Waals surface area contributed by atoms with Crippen molar-refractivity contribution < 1.29 is 4.74 Å². The average Bonchev–Trinajstić information content (AvgIpc) is 3.17. The first kappa shape index (κ1) is 18.0. The van der Waals surface area contributed by atoms with E-state index in [2.05, 4.69) is 14.5 Å². The fourth-order valence-electron chi connectivity index (χ4n) is 3.89. The van der Waals surface area contributed by atoms with Crippen LogP contribution in [0.4, 0.5) is 0 Å². The zero-order valence-electron chi connectivity index (χ0n) is 16.1.